The summed E-state index contributed by atoms with van der Waals surface area (Å²) in [5, 5.41) is 0. The number of carbonyl (C=O) groups is 1. The Labute approximate surface area is 81.0 Å². The van der Waals surface area contributed by atoms with Crippen LogP contribution in [-0.4, -0.2) is 27.7 Å². The zero-order chi connectivity index (χ0) is 10.6. The highest BCUT2D eigenvalue weighted by molar-refractivity contribution is 7.85. The van der Waals surface area contributed by atoms with Gasteiger partial charge in [-0.05, 0) is 27.7 Å². The Kier molecular flexibility index (Phi) is 4.26. The maximum Gasteiger partial charge on any atom is 0.352 e. The van der Waals surface area contributed by atoms with Crippen molar-refractivity contribution >= 4 is 22.7 Å². The lowest BCUT2D eigenvalue weighted by atomic mass is 10.3. The van der Waals surface area contributed by atoms with Gasteiger partial charge in [-0.1, -0.05) is 0 Å². The molecule has 0 aromatic rings. The number of hydrogen-bond donors (Lipinski definition) is 0. The molecule has 0 aliphatic heterocycles. The highest BCUT2D eigenvalue weighted by Crippen LogP contribution is 2.12. The summed E-state index contributed by atoms with van der Waals surface area (Å²) in [4.78, 5) is 10.9. The maximum atomic E-state index is 11.4. The topological polar surface area (TPSA) is 55.7 Å². The molecule has 4 nitrogen and oxygen atoms in total. The van der Waals surface area contributed by atoms with Gasteiger partial charge in [-0.25, -0.2) is 9.00 Å². The molecule has 0 aliphatic rings. The molecule has 0 unspecified atom stereocenters. The maximum absolute atomic E-state index is 11.4. The predicted octanol–water partition coefficient (Wildman–Crippen LogP) is 1.08. The first-order valence-electron chi connectivity index (χ1n) is 3.84. The second kappa shape index (κ2) is 4.50. The van der Waals surface area contributed by atoms with E-state index in [1.807, 2.05) is 0 Å². The number of ether oxygens (including phenoxy) is 1. The van der Waals surface area contributed by atoms with Crippen molar-refractivity contribution in [2.45, 2.75) is 32.4 Å². The third-order valence-electron chi connectivity index (χ3n) is 1.22. The van der Waals surface area contributed by atoms with Gasteiger partial charge >= 0.3 is 5.97 Å². The second-order valence-electron chi connectivity index (χ2n) is 3.53. The molecule has 0 bridgehead atoms. The zero-order valence-corrected chi connectivity index (χ0v) is 9.40. The van der Waals surface area contributed by atoms with Gasteiger partial charge in [0.15, 0.2) is 0 Å². The molecule has 13 heavy (non-hydrogen) atoms. The molecule has 0 fully saturated rings. The van der Waals surface area contributed by atoms with Crippen LogP contribution < -0.4 is 0 Å². The Morgan fingerprint density at radius 3 is 2.15 bits per heavy atom. The fourth-order valence-corrected chi connectivity index (χ4v) is 1.04. The van der Waals surface area contributed by atoms with Gasteiger partial charge < -0.3 is 4.74 Å². The van der Waals surface area contributed by atoms with E-state index in [0.717, 1.165) is 0 Å². The summed E-state index contributed by atoms with van der Waals surface area (Å²) in [7, 11) is -0.137. The van der Waals surface area contributed by atoms with Crippen LogP contribution in [0.2, 0.25) is 0 Å². The van der Waals surface area contributed by atoms with Crippen LogP contribution in [0, 0.1) is 0 Å². The number of rotatable bonds is 2. The lowest BCUT2D eigenvalue weighted by Gasteiger charge is -2.13. The van der Waals surface area contributed by atoms with Crippen LogP contribution in [0.15, 0.2) is 4.40 Å². The predicted molar refractivity (Wildman–Crippen MR) is 53.0 cm³/mol. The number of hydrogen-bond acceptors (Lipinski definition) is 3. The smallest absolute Gasteiger partial charge is 0.352 e. The molecule has 0 N–H and O–H groups in total. The van der Waals surface area contributed by atoms with Crippen molar-refractivity contribution in [1.29, 1.82) is 0 Å². The van der Waals surface area contributed by atoms with Crippen LogP contribution in [0.1, 0.15) is 27.7 Å². The zero-order valence-electron chi connectivity index (χ0n) is 8.58. The molecular formula is C8H15NO3S. The summed E-state index contributed by atoms with van der Waals surface area (Å²) in [6, 6.07) is 0. The molecule has 0 saturated heterocycles. The van der Waals surface area contributed by atoms with E-state index in [2.05, 4.69) is 9.13 Å². The third kappa shape index (κ3) is 4.17. The van der Waals surface area contributed by atoms with Crippen LogP contribution in [0.3, 0.4) is 0 Å². The number of nitrogens with zero attached hydrogens (tertiary/aromatic N) is 1. The summed E-state index contributed by atoms with van der Waals surface area (Å²) < 4.78 is 19.1. The minimum absolute atomic E-state index is 0.135. The Hall–Kier alpha value is -0.710. The minimum atomic E-state index is -1.40. The standard InChI is InChI=1S/C8H15NO3S/c1-6(7(10)12-5)9-13(11)8(2,3)4/h1-5H3/b9-6+/t13-/m1/s1. The van der Waals surface area contributed by atoms with Crippen molar-refractivity contribution < 1.29 is 13.7 Å². The van der Waals surface area contributed by atoms with E-state index in [-0.39, 0.29) is 5.71 Å². The summed E-state index contributed by atoms with van der Waals surface area (Å²) in [5.74, 6) is -0.544. The van der Waals surface area contributed by atoms with E-state index in [1.165, 1.54) is 14.0 Å². The van der Waals surface area contributed by atoms with Crippen LogP contribution in [0.5, 0.6) is 0 Å². The van der Waals surface area contributed by atoms with Gasteiger partial charge in [0.1, 0.15) is 16.7 Å². The molecule has 0 amide bonds. The summed E-state index contributed by atoms with van der Waals surface area (Å²) in [6.07, 6.45) is 0. The normalized spacial score (nSPS) is 15.3. The van der Waals surface area contributed by atoms with Crippen molar-refractivity contribution in [1.82, 2.24) is 0 Å². The molecule has 0 aromatic carbocycles. The molecule has 0 aliphatic carbocycles. The number of esters is 1. The highest BCUT2D eigenvalue weighted by Gasteiger charge is 2.20. The van der Waals surface area contributed by atoms with Crippen LogP contribution >= 0.6 is 0 Å². The van der Waals surface area contributed by atoms with Crippen molar-refractivity contribution in [3.63, 3.8) is 0 Å². The number of carbonyl (C=O) groups excluding carboxylic acids is 1. The molecule has 0 rings (SSSR count). The second-order valence-corrected chi connectivity index (χ2v) is 5.44. The minimum Gasteiger partial charge on any atom is -0.465 e. The molecular weight excluding hydrogens is 190 g/mol. The fourth-order valence-electron chi connectivity index (χ4n) is 0.446. The Bertz CT molecular complexity index is 253. The monoisotopic (exact) mass is 205 g/mol. The van der Waals surface area contributed by atoms with E-state index in [0.29, 0.717) is 0 Å². The fraction of sp³-hybridized carbons (Fsp3) is 0.750. The van der Waals surface area contributed by atoms with E-state index in [1.54, 1.807) is 20.8 Å². The average Bonchev–Trinajstić information content (AvgIpc) is 2.01. The van der Waals surface area contributed by atoms with E-state index >= 15 is 0 Å². The van der Waals surface area contributed by atoms with Gasteiger partial charge in [0.2, 0.25) is 0 Å². The molecule has 0 spiro atoms. The van der Waals surface area contributed by atoms with E-state index in [9.17, 15) is 9.00 Å². The van der Waals surface area contributed by atoms with Crippen LogP contribution in [-0.2, 0) is 20.5 Å². The lowest BCUT2D eigenvalue weighted by molar-refractivity contribution is -0.132. The first-order valence-corrected chi connectivity index (χ1v) is 4.95. The van der Waals surface area contributed by atoms with Crippen molar-refractivity contribution in [3.8, 4) is 0 Å². The summed E-state index contributed by atoms with van der Waals surface area (Å²) in [5.41, 5.74) is 0.135. The van der Waals surface area contributed by atoms with Gasteiger partial charge in [0.05, 0.1) is 11.9 Å². The molecule has 0 aromatic heterocycles. The van der Waals surface area contributed by atoms with E-state index < -0.39 is 21.7 Å². The van der Waals surface area contributed by atoms with Crippen LogP contribution in [0.25, 0.3) is 0 Å². The Morgan fingerprint density at radius 2 is 1.85 bits per heavy atom. The van der Waals surface area contributed by atoms with E-state index in [4.69, 9.17) is 0 Å². The largest absolute Gasteiger partial charge is 0.465 e. The SMILES string of the molecule is COC(=O)/C(C)=N/[S@](=O)C(C)(C)C. The quantitative estimate of drug-likeness (QED) is 0.500. The van der Waals surface area contributed by atoms with Gasteiger partial charge in [-0.15, -0.1) is 0 Å². The van der Waals surface area contributed by atoms with Gasteiger partial charge in [-0.2, -0.15) is 4.40 Å². The first-order chi connectivity index (χ1) is 5.79. The Morgan fingerprint density at radius 1 is 1.38 bits per heavy atom. The van der Waals surface area contributed by atoms with Crippen LogP contribution in [0.4, 0.5) is 0 Å². The Balaban J connectivity index is 4.59. The first kappa shape index (κ1) is 12.3. The average molecular weight is 205 g/mol. The third-order valence-corrected chi connectivity index (χ3v) is 2.71. The summed E-state index contributed by atoms with van der Waals surface area (Å²) >= 11 is 0. The molecule has 76 valence electrons. The van der Waals surface area contributed by atoms with Crippen molar-refractivity contribution in [3.05, 3.63) is 0 Å². The van der Waals surface area contributed by atoms with Gasteiger partial charge in [0.25, 0.3) is 0 Å². The molecule has 0 radical (unpaired) electrons. The number of methoxy groups -OCH3 is 1. The molecule has 0 saturated carbocycles. The molecule has 1 atom stereocenters. The summed E-state index contributed by atoms with van der Waals surface area (Å²) in [6.45, 7) is 6.85. The highest BCUT2D eigenvalue weighted by atomic mass is 32.2. The van der Waals surface area contributed by atoms with Gasteiger partial charge in [-0.3, -0.25) is 0 Å². The molecule has 0 heterocycles. The molecule has 5 heteroatoms. The van der Waals surface area contributed by atoms with Gasteiger partial charge in [0, 0.05) is 0 Å². The lowest BCUT2D eigenvalue weighted by Crippen LogP contribution is -2.22. The van der Waals surface area contributed by atoms with Crippen molar-refractivity contribution in [2.75, 3.05) is 7.11 Å². The van der Waals surface area contributed by atoms with Crippen molar-refractivity contribution in [2.24, 2.45) is 4.40 Å².